The Kier molecular flexibility index (Phi) is 4.82. The molecule has 2 aliphatic heterocycles. The van der Waals surface area contributed by atoms with Gasteiger partial charge < -0.3 is 24.7 Å². The second-order valence-corrected chi connectivity index (χ2v) is 8.37. The Morgan fingerprint density at radius 1 is 1.09 bits per heavy atom. The summed E-state index contributed by atoms with van der Waals surface area (Å²) in [6.45, 7) is 2.07. The zero-order chi connectivity index (χ0) is 24.2. The molecule has 0 unspecified atom stereocenters. The number of aromatic nitrogens is 1. The number of rotatable bonds is 3. The largest absolute Gasteiger partial charge is 0.465 e. The van der Waals surface area contributed by atoms with Crippen molar-refractivity contribution < 1.29 is 19.1 Å². The predicted octanol–water partition coefficient (Wildman–Crippen LogP) is 2.20. The molecular formula is C26H23N3O5. The second-order valence-electron chi connectivity index (χ2n) is 8.37. The monoisotopic (exact) mass is 457 g/mol. The van der Waals surface area contributed by atoms with E-state index in [0.717, 1.165) is 5.56 Å². The van der Waals surface area contributed by atoms with Crippen molar-refractivity contribution in [1.82, 2.24) is 4.57 Å². The normalized spacial score (nSPS) is 18.6. The van der Waals surface area contributed by atoms with E-state index in [4.69, 9.17) is 15.2 Å². The van der Waals surface area contributed by atoms with Crippen molar-refractivity contribution in [2.45, 2.75) is 18.9 Å². The third-order valence-corrected chi connectivity index (χ3v) is 6.56. The third kappa shape index (κ3) is 2.75. The lowest BCUT2D eigenvalue weighted by Crippen LogP contribution is -2.51. The van der Waals surface area contributed by atoms with Crippen LogP contribution < -0.4 is 20.9 Å². The molecule has 0 fully saturated rings. The molecule has 2 N–H and O–H groups in total. The van der Waals surface area contributed by atoms with Crippen LogP contribution in [0.4, 0.5) is 5.69 Å². The number of ether oxygens (including phenoxy) is 2. The van der Waals surface area contributed by atoms with Crippen LogP contribution in [0.1, 0.15) is 22.4 Å². The van der Waals surface area contributed by atoms with Gasteiger partial charge in [-0.15, -0.1) is 0 Å². The number of carbonyl (C=O) groups excluding carboxylic acids is 2. The van der Waals surface area contributed by atoms with Crippen LogP contribution >= 0.6 is 0 Å². The minimum Gasteiger partial charge on any atom is -0.465 e. The number of para-hydroxylation sites is 1. The maximum absolute atomic E-state index is 14.1. The fraction of sp³-hybridized carbons (Fsp3) is 0.192. The van der Waals surface area contributed by atoms with E-state index in [9.17, 15) is 14.4 Å². The van der Waals surface area contributed by atoms with E-state index in [1.165, 1.54) is 12.0 Å². The SMILES string of the molecule is COC(=O)C1=C(N)Oc2cc(C)n(Cc3ccccc3)c(=O)c2[C@@]12C(=O)N(C)c1ccccc12. The van der Waals surface area contributed by atoms with E-state index >= 15 is 0 Å². The van der Waals surface area contributed by atoms with Gasteiger partial charge in [0.05, 0.1) is 19.2 Å². The first-order chi connectivity index (χ1) is 16.3. The molecule has 0 saturated heterocycles. The molecule has 3 heterocycles. The van der Waals surface area contributed by atoms with Crippen molar-refractivity contribution in [2.24, 2.45) is 5.73 Å². The molecule has 1 aromatic heterocycles. The van der Waals surface area contributed by atoms with Gasteiger partial charge in [0, 0.05) is 30.1 Å². The quantitative estimate of drug-likeness (QED) is 0.605. The van der Waals surface area contributed by atoms with Gasteiger partial charge in [0.25, 0.3) is 5.56 Å². The van der Waals surface area contributed by atoms with Crippen LogP contribution in [0, 0.1) is 6.92 Å². The van der Waals surface area contributed by atoms with Gasteiger partial charge in [0.1, 0.15) is 16.7 Å². The number of nitrogens with zero attached hydrogens (tertiary/aromatic N) is 2. The molecular weight excluding hydrogens is 434 g/mol. The smallest absolute Gasteiger partial charge is 0.340 e. The van der Waals surface area contributed by atoms with Crippen molar-refractivity contribution in [2.75, 3.05) is 19.1 Å². The van der Waals surface area contributed by atoms with E-state index in [-0.39, 0.29) is 29.3 Å². The number of carbonyl (C=O) groups is 2. The summed E-state index contributed by atoms with van der Waals surface area (Å²) in [5.74, 6) is -1.43. The highest BCUT2D eigenvalue weighted by atomic mass is 16.5. The van der Waals surface area contributed by atoms with Crippen molar-refractivity contribution in [1.29, 1.82) is 0 Å². The van der Waals surface area contributed by atoms with E-state index in [0.29, 0.717) is 16.9 Å². The summed E-state index contributed by atoms with van der Waals surface area (Å²) in [5.41, 5.74) is 6.44. The van der Waals surface area contributed by atoms with Crippen molar-refractivity contribution >= 4 is 17.6 Å². The van der Waals surface area contributed by atoms with E-state index in [1.807, 2.05) is 30.3 Å². The lowest BCUT2D eigenvalue weighted by Gasteiger charge is -2.35. The van der Waals surface area contributed by atoms with Crippen molar-refractivity contribution in [3.63, 3.8) is 0 Å². The van der Waals surface area contributed by atoms with Crippen LogP contribution in [0.15, 0.2) is 76.9 Å². The zero-order valence-corrected chi connectivity index (χ0v) is 19.0. The first-order valence-electron chi connectivity index (χ1n) is 10.7. The van der Waals surface area contributed by atoms with Gasteiger partial charge in [-0.2, -0.15) is 0 Å². The lowest BCUT2D eigenvalue weighted by atomic mass is 9.68. The lowest BCUT2D eigenvalue weighted by molar-refractivity contribution is -0.138. The molecule has 2 aromatic carbocycles. The molecule has 0 radical (unpaired) electrons. The number of benzene rings is 2. The van der Waals surface area contributed by atoms with E-state index in [1.54, 1.807) is 48.9 Å². The fourth-order valence-electron chi connectivity index (χ4n) is 5.01. The number of methoxy groups -OCH3 is 1. The Hall–Kier alpha value is -4.33. The van der Waals surface area contributed by atoms with Crippen LogP contribution in [0.25, 0.3) is 0 Å². The zero-order valence-electron chi connectivity index (χ0n) is 19.0. The predicted molar refractivity (Wildman–Crippen MR) is 125 cm³/mol. The third-order valence-electron chi connectivity index (χ3n) is 6.56. The number of esters is 1. The number of amides is 1. The molecule has 1 amide bonds. The molecule has 34 heavy (non-hydrogen) atoms. The maximum atomic E-state index is 14.1. The first kappa shape index (κ1) is 21.5. The van der Waals surface area contributed by atoms with Gasteiger partial charge in [-0.05, 0) is 18.6 Å². The number of hydrogen-bond acceptors (Lipinski definition) is 6. The average Bonchev–Trinajstić information content (AvgIpc) is 3.04. The Morgan fingerprint density at radius 3 is 2.47 bits per heavy atom. The molecule has 0 saturated carbocycles. The number of anilines is 1. The van der Waals surface area contributed by atoms with Gasteiger partial charge in [-0.1, -0.05) is 48.5 Å². The summed E-state index contributed by atoms with van der Waals surface area (Å²) in [7, 11) is 2.80. The number of hydrogen-bond donors (Lipinski definition) is 1. The average molecular weight is 457 g/mol. The number of likely N-dealkylation sites (N-methyl/N-ethyl adjacent to an activating group) is 1. The Balaban J connectivity index is 1.88. The van der Waals surface area contributed by atoms with E-state index in [2.05, 4.69) is 0 Å². The van der Waals surface area contributed by atoms with E-state index < -0.39 is 22.9 Å². The van der Waals surface area contributed by atoms with Crippen molar-refractivity contribution in [3.8, 4) is 5.75 Å². The Bertz CT molecular complexity index is 1440. The number of pyridine rings is 1. The highest BCUT2D eigenvalue weighted by Gasteiger charge is 2.61. The number of fused-ring (bicyclic) bond motifs is 4. The highest BCUT2D eigenvalue weighted by Crippen LogP contribution is 2.54. The van der Waals surface area contributed by atoms with Crippen LogP contribution in [-0.4, -0.2) is 30.6 Å². The summed E-state index contributed by atoms with van der Waals surface area (Å²) in [6, 6.07) is 18.2. The second kappa shape index (κ2) is 7.62. The summed E-state index contributed by atoms with van der Waals surface area (Å²) in [6.07, 6.45) is 0. The van der Waals surface area contributed by atoms with Crippen LogP contribution in [-0.2, 0) is 26.3 Å². The summed E-state index contributed by atoms with van der Waals surface area (Å²) >= 11 is 0. The molecule has 5 rings (SSSR count). The van der Waals surface area contributed by atoms with Crippen LogP contribution in [0.3, 0.4) is 0 Å². The first-order valence-corrected chi connectivity index (χ1v) is 10.7. The number of aryl methyl sites for hydroxylation is 1. The molecule has 1 spiro atoms. The molecule has 3 aromatic rings. The molecule has 0 bridgehead atoms. The highest BCUT2D eigenvalue weighted by molar-refractivity contribution is 6.18. The van der Waals surface area contributed by atoms with Gasteiger partial charge in [0.2, 0.25) is 11.8 Å². The molecule has 172 valence electrons. The summed E-state index contributed by atoms with van der Waals surface area (Å²) in [5, 5.41) is 0. The van der Waals surface area contributed by atoms with Gasteiger partial charge in [0.15, 0.2) is 0 Å². The van der Waals surface area contributed by atoms with Gasteiger partial charge >= 0.3 is 5.97 Å². The topological polar surface area (TPSA) is 104 Å². The van der Waals surface area contributed by atoms with Crippen LogP contribution in [0.2, 0.25) is 0 Å². The maximum Gasteiger partial charge on any atom is 0.340 e. The van der Waals surface area contributed by atoms with Gasteiger partial charge in [-0.3, -0.25) is 9.59 Å². The molecule has 2 aliphatic rings. The van der Waals surface area contributed by atoms with Crippen LogP contribution in [0.5, 0.6) is 5.75 Å². The van der Waals surface area contributed by atoms with Gasteiger partial charge in [-0.25, -0.2) is 4.79 Å². The Labute approximate surface area is 195 Å². The van der Waals surface area contributed by atoms with Crippen molar-refractivity contribution in [3.05, 3.63) is 105 Å². The summed E-state index contributed by atoms with van der Waals surface area (Å²) < 4.78 is 12.4. The fourth-order valence-corrected chi connectivity index (χ4v) is 5.01. The molecule has 8 nitrogen and oxygen atoms in total. The standard InChI is InChI=1S/C26H23N3O5/c1-15-13-19-20(23(30)29(15)14-16-9-5-4-6-10-16)26(21(22(27)34-19)24(31)33-3)17-11-7-8-12-18(17)28(2)25(26)32/h4-13H,14,27H2,1-3H3/t26-/m1/s1. The molecule has 1 atom stereocenters. The molecule has 8 heteroatoms. The Morgan fingerprint density at radius 2 is 1.76 bits per heavy atom. The minimum atomic E-state index is -1.79. The minimum absolute atomic E-state index is 0.0467. The molecule has 0 aliphatic carbocycles. The summed E-state index contributed by atoms with van der Waals surface area (Å²) in [4.78, 5) is 42.6. The number of nitrogens with two attached hydrogens (primary N) is 1.